The smallest absolute Gasteiger partial charge is 0.238 e. The van der Waals surface area contributed by atoms with E-state index in [0.29, 0.717) is 17.9 Å². The molecule has 4 aliphatic rings. The number of rotatable bonds is 2. The number of hydrogen-bond acceptors (Lipinski definition) is 4. The van der Waals surface area contributed by atoms with Crippen LogP contribution in [0.25, 0.3) is 0 Å². The molecule has 0 radical (unpaired) electrons. The van der Waals surface area contributed by atoms with E-state index in [1.165, 1.54) is 12.0 Å². The average molecular weight is 347 g/mol. The Morgan fingerprint density at radius 2 is 1.54 bits per heavy atom. The Labute approximate surface area is 150 Å². The van der Waals surface area contributed by atoms with E-state index in [9.17, 15) is 14.4 Å². The summed E-state index contributed by atoms with van der Waals surface area (Å²) in [6, 6.07) is 14.7. The molecule has 1 saturated carbocycles. The number of anilines is 1. The summed E-state index contributed by atoms with van der Waals surface area (Å²) in [6.07, 6.45) is 0.335. The molecule has 1 saturated heterocycles. The third kappa shape index (κ3) is 1.77. The van der Waals surface area contributed by atoms with Gasteiger partial charge >= 0.3 is 0 Å². The molecule has 0 aromatic heterocycles. The van der Waals surface area contributed by atoms with E-state index in [1.807, 2.05) is 24.3 Å². The number of methoxy groups -OCH3 is 1. The number of fused-ring (bicyclic) bond motifs is 1. The van der Waals surface area contributed by atoms with Crippen LogP contribution in [0, 0.1) is 11.8 Å². The molecule has 1 heterocycles. The number of hydrogen-bond donors (Lipinski definition) is 0. The highest BCUT2D eigenvalue weighted by Crippen LogP contribution is 2.58. The fourth-order valence-corrected chi connectivity index (χ4v) is 5.01. The number of amides is 2. The van der Waals surface area contributed by atoms with Crippen molar-refractivity contribution in [3.8, 4) is 5.75 Å². The van der Waals surface area contributed by atoms with Gasteiger partial charge in [-0.25, -0.2) is 4.90 Å². The maximum Gasteiger partial charge on any atom is 0.238 e. The first-order valence-corrected chi connectivity index (χ1v) is 8.76. The van der Waals surface area contributed by atoms with Gasteiger partial charge in [-0.05, 0) is 23.3 Å². The molecule has 5 heteroatoms. The van der Waals surface area contributed by atoms with E-state index < -0.39 is 17.8 Å². The zero-order valence-electron chi connectivity index (χ0n) is 14.2. The third-order valence-electron chi connectivity index (χ3n) is 6.02. The average Bonchev–Trinajstić information content (AvgIpc) is 2.93. The van der Waals surface area contributed by atoms with Gasteiger partial charge in [0.2, 0.25) is 11.8 Å². The highest BCUT2D eigenvalue weighted by atomic mass is 16.5. The van der Waals surface area contributed by atoms with Crippen LogP contribution < -0.4 is 9.64 Å². The lowest BCUT2D eigenvalue weighted by Gasteiger charge is -2.43. The Bertz CT molecular complexity index is 966. The molecule has 2 aromatic rings. The van der Waals surface area contributed by atoms with Crippen LogP contribution in [0.3, 0.4) is 0 Å². The van der Waals surface area contributed by atoms with E-state index in [1.54, 1.807) is 24.3 Å². The number of carbonyl (C=O) groups is 3. The van der Waals surface area contributed by atoms with Crippen molar-refractivity contribution in [1.82, 2.24) is 0 Å². The Morgan fingerprint density at radius 3 is 2.31 bits per heavy atom. The van der Waals surface area contributed by atoms with Crippen molar-refractivity contribution < 1.29 is 19.1 Å². The van der Waals surface area contributed by atoms with Crippen LogP contribution in [0.15, 0.2) is 48.5 Å². The SMILES string of the molecule is COc1ccccc1N1C(=O)[C@@H]2[C@H](C1=O)[C@@H]1CC(=O)[C@@H]2c2ccccc21. The lowest BCUT2D eigenvalue weighted by Crippen LogP contribution is -2.44. The standard InChI is InChI=1S/C21H17NO4/c1-26-16-9-5-4-8-14(16)22-20(24)18-13-10-15(23)17(19(18)21(22)25)12-7-3-2-6-11(12)13/h2-9,13,17-19H,10H2,1H3/t13-,17+,18-,19+/m1/s1. The van der Waals surface area contributed by atoms with Gasteiger partial charge in [0.15, 0.2) is 0 Å². The summed E-state index contributed by atoms with van der Waals surface area (Å²) in [5.41, 5.74) is 2.41. The number of para-hydroxylation sites is 2. The second-order valence-electron chi connectivity index (χ2n) is 7.12. The number of benzene rings is 2. The van der Waals surface area contributed by atoms with Crippen molar-refractivity contribution in [3.05, 3.63) is 59.7 Å². The van der Waals surface area contributed by atoms with Crippen molar-refractivity contribution in [3.63, 3.8) is 0 Å². The van der Waals surface area contributed by atoms with Gasteiger partial charge in [0, 0.05) is 12.3 Å². The fourth-order valence-electron chi connectivity index (χ4n) is 5.01. The van der Waals surface area contributed by atoms with Gasteiger partial charge in [-0.1, -0.05) is 36.4 Å². The summed E-state index contributed by atoms with van der Waals surface area (Å²) in [6.45, 7) is 0. The van der Waals surface area contributed by atoms with Crippen LogP contribution in [-0.4, -0.2) is 24.7 Å². The van der Waals surface area contributed by atoms with Gasteiger partial charge in [0.25, 0.3) is 0 Å². The van der Waals surface area contributed by atoms with Crippen molar-refractivity contribution in [1.29, 1.82) is 0 Å². The minimum absolute atomic E-state index is 0.0676. The second-order valence-corrected chi connectivity index (χ2v) is 7.12. The molecule has 0 spiro atoms. The van der Waals surface area contributed by atoms with Crippen LogP contribution >= 0.6 is 0 Å². The third-order valence-corrected chi connectivity index (χ3v) is 6.02. The summed E-state index contributed by atoms with van der Waals surface area (Å²) in [5, 5.41) is 0. The predicted molar refractivity (Wildman–Crippen MR) is 94.0 cm³/mol. The molecule has 2 amide bonds. The summed E-state index contributed by atoms with van der Waals surface area (Å²) in [7, 11) is 1.51. The number of ether oxygens (including phenoxy) is 1. The van der Waals surface area contributed by atoms with Crippen LogP contribution in [-0.2, 0) is 14.4 Å². The van der Waals surface area contributed by atoms with Crippen molar-refractivity contribution in [2.75, 3.05) is 12.0 Å². The number of imide groups is 1. The quantitative estimate of drug-likeness (QED) is 0.784. The minimum atomic E-state index is -0.603. The van der Waals surface area contributed by atoms with Gasteiger partial charge in [0.1, 0.15) is 11.5 Å². The van der Waals surface area contributed by atoms with Gasteiger partial charge in [-0.2, -0.15) is 0 Å². The molecule has 2 fully saturated rings. The Hall–Kier alpha value is -2.95. The molecule has 0 unspecified atom stereocenters. The highest BCUT2D eigenvalue weighted by Gasteiger charge is 2.62. The Kier molecular flexibility index (Phi) is 3.11. The van der Waals surface area contributed by atoms with Gasteiger partial charge < -0.3 is 4.74 Å². The lowest BCUT2D eigenvalue weighted by molar-refractivity contribution is -0.134. The van der Waals surface area contributed by atoms with Crippen LogP contribution in [0.1, 0.15) is 29.4 Å². The topological polar surface area (TPSA) is 63.7 Å². The van der Waals surface area contributed by atoms with Crippen molar-refractivity contribution in [2.24, 2.45) is 11.8 Å². The second kappa shape index (κ2) is 5.27. The van der Waals surface area contributed by atoms with E-state index in [2.05, 4.69) is 0 Å². The monoisotopic (exact) mass is 347 g/mol. The molecule has 26 heavy (non-hydrogen) atoms. The van der Waals surface area contributed by atoms with E-state index >= 15 is 0 Å². The summed E-state index contributed by atoms with van der Waals surface area (Å²) >= 11 is 0. The normalized spacial score (nSPS) is 29.0. The molecule has 130 valence electrons. The summed E-state index contributed by atoms with van der Waals surface area (Å²) in [5.74, 6) is -1.77. The first-order chi connectivity index (χ1) is 12.6. The summed E-state index contributed by atoms with van der Waals surface area (Å²) in [4.78, 5) is 40.4. The molecule has 5 nitrogen and oxygen atoms in total. The first-order valence-electron chi connectivity index (χ1n) is 8.76. The van der Waals surface area contributed by atoms with Gasteiger partial charge in [-0.3, -0.25) is 14.4 Å². The molecule has 3 aliphatic carbocycles. The summed E-state index contributed by atoms with van der Waals surface area (Å²) < 4.78 is 5.35. The number of Topliss-reactive ketones (excluding diaryl/α,β-unsaturated/α-hetero) is 1. The van der Waals surface area contributed by atoms with Gasteiger partial charge in [0.05, 0.1) is 30.6 Å². The molecule has 1 aliphatic heterocycles. The van der Waals surface area contributed by atoms with Crippen molar-refractivity contribution in [2.45, 2.75) is 18.3 Å². The van der Waals surface area contributed by atoms with Crippen molar-refractivity contribution >= 4 is 23.3 Å². The van der Waals surface area contributed by atoms with E-state index in [0.717, 1.165) is 11.1 Å². The van der Waals surface area contributed by atoms with E-state index in [4.69, 9.17) is 4.74 Å². The zero-order valence-corrected chi connectivity index (χ0v) is 14.2. The predicted octanol–water partition coefficient (Wildman–Crippen LogP) is 2.65. The Morgan fingerprint density at radius 1 is 0.885 bits per heavy atom. The molecule has 6 rings (SSSR count). The number of nitrogens with zero attached hydrogens (tertiary/aromatic N) is 1. The van der Waals surface area contributed by atoms with Gasteiger partial charge in [-0.15, -0.1) is 0 Å². The fraction of sp³-hybridized carbons (Fsp3) is 0.286. The molecular formula is C21H17NO4. The number of carbonyl (C=O) groups excluding carboxylic acids is 3. The number of ketones is 1. The zero-order chi connectivity index (χ0) is 18.0. The lowest BCUT2D eigenvalue weighted by atomic mass is 9.56. The van der Waals surface area contributed by atoms with Crippen LogP contribution in [0.2, 0.25) is 0 Å². The largest absolute Gasteiger partial charge is 0.495 e. The molecule has 2 aromatic carbocycles. The molecule has 4 atom stereocenters. The highest BCUT2D eigenvalue weighted by molar-refractivity contribution is 6.25. The maximum absolute atomic E-state index is 13.3. The van der Waals surface area contributed by atoms with E-state index in [-0.39, 0.29) is 23.5 Å². The van der Waals surface area contributed by atoms with Crippen LogP contribution in [0.4, 0.5) is 5.69 Å². The Balaban J connectivity index is 1.67. The first kappa shape index (κ1) is 15.3. The minimum Gasteiger partial charge on any atom is -0.495 e. The maximum atomic E-state index is 13.3. The molecule has 0 N–H and O–H groups in total. The molecule has 2 bridgehead atoms. The molecular weight excluding hydrogens is 330 g/mol. The van der Waals surface area contributed by atoms with Crippen LogP contribution in [0.5, 0.6) is 5.75 Å².